The van der Waals surface area contributed by atoms with Crippen LogP contribution in [0.4, 0.5) is 4.39 Å². The first-order valence-corrected chi connectivity index (χ1v) is 34.9. The van der Waals surface area contributed by atoms with Crippen molar-refractivity contribution in [2.75, 3.05) is 111 Å². The summed E-state index contributed by atoms with van der Waals surface area (Å²) in [5.41, 5.74) is 3.50. The van der Waals surface area contributed by atoms with Crippen LogP contribution in [0.3, 0.4) is 0 Å². The molecule has 5 aromatic rings. The number of rotatable bonds is 6. The minimum absolute atomic E-state index is 0.0816. The number of carboxylic acids is 1. The maximum atomic E-state index is 12.8. The van der Waals surface area contributed by atoms with Gasteiger partial charge in [0, 0.05) is 123 Å². The quantitative estimate of drug-likeness (QED) is 0.143. The first kappa shape index (κ1) is 82.7. The number of hydrogen-bond acceptors (Lipinski definition) is 16. The van der Waals surface area contributed by atoms with Crippen molar-refractivity contribution in [1.29, 1.82) is 0 Å². The van der Waals surface area contributed by atoms with Crippen LogP contribution < -0.4 is 0 Å². The fourth-order valence-electron chi connectivity index (χ4n) is 9.70. The lowest BCUT2D eigenvalue weighted by molar-refractivity contribution is -0.138. The molecule has 3 amide bonds. The topological polar surface area (TPSA) is 276 Å². The third-order valence-electron chi connectivity index (χ3n) is 16.5. The van der Waals surface area contributed by atoms with Gasteiger partial charge in [-0.2, -0.15) is 10.2 Å². The van der Waals surface area contributed by atoms with Crippen molar-refractivity contribution in [3.8, 4) is 0 Å². The van der Waals surface area contributed by atoms with E-state index in [1.165, 1.54) is 31.0 Å². The number of hydrogen-bond donors (Lipinski definition) is 3. The van der Waals surface area contributed by atoms with Crippen LogP contribution >= 0.6 is 0 Å². The number of aromatic amines is 1. The van der Waals surface area contributed by atoms with Crippen molar-refractivity contribution in [1.82, 2.24) is 68.6 Å². The van der Waals surface area contributed by atoms with Crippen LogP contribution in [-0.4, -0.2) is 227 Å². The van der Waals surface area contributed by atoms with Crippen LogP contribution in [0.1, 0.15) is 152 Å². The number of carboxylic acid groups (broad SMARTS) is 1. The van der Waals surface area contributed by atoms with Gasteiger partial charge in [-0.25, -0.2) is 27.8 Å². The third kappa shape index (κ3) is 39.2. The van der Waals surface area contributed by atoms with Crippen molar-refractivity contribution in [2.45, 2.75) is 152 Å². The highest BCUT2D eigenvalue weighted by molar-refractivity contribution is 7.91. The number of amides is 3. The first-order chi connectivity index (χ1) is 43.9. The number of aliphatic hydroxyl groups excluding tert-OH is 1. The number of likely N-dealkylation sites (tertiary alicyclic amines) is 4. The Balaban J connectivity index is 0.000000356. The number of piperidine rings is 4. The van der Waals surface area contributed by atoms with Crippen molar-refractivity contribution in [3.05, 3.63) is 90.7 Å². The number of aryl methyl sites for hydroxylation is 7. The van der Waals surface area contributed by atoms with Gasteiger partial charge < -0.3 is 48.1 Å². The van der Waals surface area contributed by atoms with E-state index in [1.807, 2.05) is 122 Å². The smallest absolute Gasteiger partial charge is 0.317 e. The van der Waals surface area contributed by atoms with E-state index >= 15 is 0 Å². The number of ether oxygens (including phenoxy) is 1. The van der Waals surface area contributed by atoms with Gasteiger partial charge in [0.1, 0.15) is 28.4 Å². The standard InChI is InChI=1S/C10H14N2O2.C10H20N2O.2C8H15NO2.C6H11FO.C6H12O2S.3C5H8N2.C4H6N2/c1-8-2-5-12(6-3-8)10(13)9-11-4-7-14-9;1-9-4-6-12(7-5-9)10(13)8-11(2)3;1-7-2-4-9(5-3-7)8(11)6-10;1-7-2-4-9(5-3-7)6-8(10)11;1-6(7)2-4-8-5-3-6;1-6-2-4-9(7,8)5-3-6;1-5-3-7(2)4-6-5;1-5-3-6-4-7(5)2;1-5-3-4-7(2)6-5;1-4-2-3-5-6-4/h4,7-8H,2-3,5-6H2,1H3;9H,4-8H2,1-3H3;7,10H,2-6H2,1H3;7H,2-6H2,1H3,(H,10,11);2-5H2,1H3;6H,2-5H2,1H3;3*3-4H,1-2H3;2-3H,1H3,(H,5,6). The number of aliphatic hydroxyl groups is 1. The summed E-state index contributed by atoms with van der Waals surface area (Å²) < 4.78 is 50.0. The Bertz CT molecular complexity index is 2760. The molecule has 24 nitrogen and oxygen atoms in total. The summed E-state index contributed by atoms with van der Waals surface area (Å²) in [5, 5.41) is 27.5. The van der Waals surface area contributed by atoms with E-state index in [4.69, 9.17) is 19.4 Å². The van der Waals surface area contributed by atoms with Crippen molar-refractivity contribution >= 4 is 33.5 Å². The summed E-state index contributed by atoms with van der Waals surface area (Å²) in [7, 11) is 7.10. The second-order valence-electron chi connectivity index (χ2n) is 26.2. The van der Waals surface area contributed by atoms with E-state index in [2.05, 4.69) is 64.9 Å². The highest BCUT2D eigenvalue weighted by Crippen LogP contribution is 2.24. The number of aliphatic carboxylic acids is 1. The van der Waals surface area contributed by atoms with Gasteiger partial charge in [-0.1, -0.05) is 34.6 Å². The Kier molecular flexibility index (Phi) is 40.1. The molecule has 6 aliphatic rings. The molecule has 6 aliphatic heterocycles. The summed E-state index contributed by atoms with van der Waals surface area (Å²) in [5.74, 6) is 4.04. The average Bonchev–Trinajstić information content (AvgIpc) is 2.41. The molecule has 6 saturated heterocycles. The lowest BCUT2D eigenvalue weighted by Crippen LogP contribution is -2.42. The molecular formula is C67H117FN14O10S. The van der Waals surface area contributed by atoms with Crippen molar-refractivity contribution in [2.24, 2.45) is 50.7 Å². The van der Waals surface area contributed by atoms with Crippen LogP contribution in [0.2, 0.25) is 0 Å². The SMILES string of the molecule is CC1(F)CCOCC1.CC1CCN(C(=O)CN(C)C)CC1.CC1CCN(C(=O)CO)CC1.CC1CCN(C(=O)c2ncco2)CC1.CC1CCN(CC(=O)O)CC1.CC1CCS(=O)(=O)CC1.Cc1ccn(C)n1.Cc1ccn[nH]1.Cc1cn(C)cn1.Cc1cncn1C. The lowest BCUT2D eigenvalue weighted by atomic mass is 9.99. The van der Waals surface area contributed by atoms with Crippen LogP contribution in [0.15, 0.2) is 66.5 Å². The molecule has 0 spiro atoms. The second kappa shape index (κ2) is 45.1. The number of halogens is 1. The predicted molar refractivity (Wildman–Crippen MR) is 363 cm³/mol. The molecule has 0 saturated carbocycles. The number of carbonyl (C=O) groups excluding carboxylic acids is 3. The number of imidazole rings is 2. The van der Waals surface area contributed by atoms with Gasteiger partial charge in [0.25, 0.3) is 5.89 Å². The Morgan fingerprint density at radius 3 is 1.49 bits per heavy atom. The number of nitrogens with one attached hydrogen (secondary N) is 1. The van der Waals surface area contributed by atoms with Crippen LogP contribution in [0.5, 0.6) is 0 Å². The van der Waals surface area contributed by atoms with Gasteiger partial charge in [0.05, 0.1) is 54.8 Å². The number of carbonyl (C=O) groups is 4. The highest BCUT2D eigenvalue weighted by Gasteiger charge is 2.27. The van der Waals surface area contributed by atoms with E-state index in [0.29, 0.717) is 50.0 Å². The molecule has 26 heteroatoms. The summed E-state index contributed by atoms with van der Waals surface area (Å²) in [6.45, 7) is 29.3. The zero-order valence-corrected chi connectivity index (χ0v) is 59.8. The molecule has 0 unspecified atom stereocenters. The van der Waals surface area contributed by atoms with E-state index in [1.54, 1.807) is 35.4 Å². The molecule has 0 aliphatic carbocycles. The number of nitrogens with zero attached hydrogens (tertiary/aromatic N) is 13. The summed E-state index contributed by atoms with van der Waals surface area (Å²) in [6.07, 6.45) is 25.7. The van der Waals surface area contributed by atoms with Crippen LogP contribution in [0.25, 0.3) is 0 Å². The van der Waals surface area contributed by atoms with Crippen molar-refractivity contribution < 1.29 is 51.4 Å². The summed E-state index contributed by atoms with van der Waals surface area (Å²) in [6, 6.07) is 3.89. The number of aromatic nitrogens is 9. The largest absolute Gasteiger partial charge is 0.480 e. The molecule has 3 N–H and O–H groups in total. The number of alkyl halides is 1. The molecule has 0 aromatic carbocycles. The molecular weight excluding hydrogens is 1210 g/mol. The van der Waals surface area contributed by atoms with E-state index < -0.39 is 21.5 Å². The zero-order chi connectivity index (χ0) is 69.5. The van der Waals surface area contributed by atoms with Crippen LogP contribution in [0, 0.1) is 57.3 Å². The number of sulfone groups is 1. The second-order valence-corrected chi connectivity index (χ2v) is 28.5. The molecule has 6 fully saturated rings. The average molecular weight is 1330 g/mol. The molecule has 11 rings (SSSR count). The zero-order valence-electron chi connectivity index (χ0n) is 59.0. The number of H-pyrrole nitrogens is 1. The minimum atomic E-state index is -2.62. The van der Waals surface area contributed by atoms with E-state index in [9.17, 15) is 32.0 Å². The van der Waals surface area contributed by atoms with Gasteiger partial charge in [-0.3, -0.25) is 33.9 Å². The molecule has 528 valence electrons. The summed E-state index contributed by atoms with van der Waals surface area (Å²) in [4.78, 5) is 65.8. The Labute approximate surface area is 555 Å². The minimum Gasteiger partial charge on any atom is -0.480 e. The van der Waals surface area contributed by atoms with Crippen LogP contribution in [-0.2, 0) is 50.1 Å². The van der Waals surface area contributed by atoms with Gasteiger partial charge in [-0.05, 0) is 168 Å². The summed E-state index contributed by atoms with van der Waals surface area (Å²) >= 11 is 0. The molecule has 93 heavy (non-hydrogen) atoms. The predicted octanol–water partition coefficient (Wildman–Crippen LogP) is 8.65. The van der Waals surface area contributed by atoms with E-state index in [0.717, 1.165) is 144 Å². The van der Waals surface area contributed by atoms with Gasteiger partial charge >= 0.3 is 11.9 Å². The fourth-order valence-corrected chi connectivity index (χ4v) is 11.4. The van der Waals surface area contributed by atoms with Crippen molar-refractivity contribution in [3.63, 3.8) is 0 Å². The van der Waals surface area contributed by atoms with E-state index in [-0.39, 0.29) is 36.8 Å². The van der Waals surface area contributed by atoms with Gasteiger partial charge in [0.15, 0.2) is 0 Å². The molecule has 0 bridgehead atoms. The maximum Gasteiger partial charge on any atom is 0.317 e. The Hall–Kier alpha value is -6.35. The fraction of sp³-hybridized carbons (Fsp3) is 0.716. The monoisotopic (exact) mass is 1330 g/mol. The highest BCUT2D eigenvalue weighted by atomic mass is 32.2. The Morgan fingerprint density at radius 2 is 1.20 bits per heavy atom. The van der Waals surface area contributed by atoms with Gasteiger partial charge in [-0.15, -0.1) is 0 Å². The number of oxazole rings is 1. The maximum absolute atomic E-state index is 12.8. The van der Waals surface area contributed by atoms with Gasteiger partial charge in [0.2, 0.25) is 11.8 Å². The number of likely N-dealkylation sites (N-methyl/N-ethyl adjacent to an activating group) is 1. The molecule has 5 aromatic heterocycles. The Morgan fingerprint density at radius 1 is 0.699 bits per heavy atom. The normalized spacial score (nSPS) is 18.3. The first-order valence-electron chi connectivity index (χ1n) is 33.1. The molecule has 0 atom stereocenters. The third-order valence-corrected chi connectivity index (χ3v) is 18.3. The molecule has 0 radical (unpaired) electrons. The lowest BCUT2D eigenvalue weighted by Gasteiger charge is -2.31. The molecule has 11 heterocycles.